The van der Waals surface area contributed by atoms with Crippen LogP contribution >= 0.6 is 23.2 Å². The third-order valence-electron chi connectivity index (χ3n) is 3.87. The van der Waals surface area contributed by atoms with Gasteiger partial charge in [-0.1, -0.05) is 23.2 Å². The molecule has 0 radical (unpaired) electrons. The van der Waals surface area contributed by atoms with Crippen molar-refractivity contribution in [3.05, 3.63) is 63.8 Å². The number of aromatic nitrogens is 4. The molecule has 0 unspecified atom stereocenters. The van der Waals surface area contributed by atoms with E-state index in [0.717, 1.165) is 0 Å². The Kier molecular flexibility index (Phi) is 6.42. The van der Waals surface area contributed by atoms with Gasteiger partial charge in [-0.2, -0.15) is 0 Å². The van der Waals surface area contributed by atoms with Crippen LogP contribution in [0.25, 0.3) is 5.82 Å². The second-order valence-corrected chi connectivity index (χ2v) is 6.55. The van der Waals surface area contributed by atoms with Crippen molar-refractivity contribution in [2.75, 3.05) is 11.9 Å². The lowest BCUT2D eigenvalue weighted by Crippen LogP contribution is -2.21. The van der Waals surface area contributed by atoms with Crippen LogP contribution < -0.4 is 11.1 Å². The van der Waals surface area contributed by atoms with Crippen molar-refractivity contribution in [1.29, 1.82) is 0 Å². The lowest BCUT2D eigenvalue weighted by Gasteiger charge is -2.13. The van der Waals surface area contributed by atoms with E-state index in [9.17, 15) is 9.59 Å². The summed E-state index contributed by atoms with van der Waals surface area (Å²) in [6, 6.07) is 4.32. The Labute approximate surface area is 175 Å². The Balaban J connectivity index is 1.94. The zero-order valence-corrected chi connectivity index (χ0v) is 16.7. The number of anilines is 1. The van der Waals surface area contributed by atoms with E-state index in [4.69, 9.17) is 33.7 Å². The van der Waals surface area contributed by atoms with Gasteiger partial charge in [0.15, 0.2) is 11.5 Å². The smallest absolute Gasteiger partial charge is 0.340 e. The lowest BCUT2D eigenvalue weighted by atomic mass is 10.1. The van der Waals surface area contributed by atoms with Crippen LogP contribution in [0.15, 0.2) is 36.9 Å². The molecule has 0 bridgehead atoms. The Morgan fingerprint density at radius 3 is 2.62 bits per heavy atom. The van der Waals surface area contributed by atoms with Crippen molar-refractivity contribution >= 4 is 40.8 Å². The number of nitrogens with one attached hydrogen (secondary N) is 1. The second-order valence-electron chi connectivity index (χ2n) is 5.74. The summed E-state index contributed by atoms with van der Waals surface area (Å²) in [5.41, 5.74) is 6.44. The van der Waals surface area contributed by atoms with E-state index in [1.165, 1.54) is 12.1 Å². The van der Waals surface area contributed by atoms with E-state index in [-0.39, 0.29) is 40.1 Å². The standard InChI is InChI=1S/C18H16Cl2N6O3/c1-2-29-18(28)11-6-12(19)13(20)7-14(11)23-17(27)16-10(8-21)5-15(24-25-16)26-4-3-22-9-26/h3-7,9H,2,8,21H2,1H3,(H,23,27). The molecular formula is C18H16Cl2N6O3. The molecule has 11 heteroatoms. The van der Waals surface area contributed by atoms with Gasteiger partial charge >= 0.3 is 5.97 Å². The Hall–Kier alpha value is -3.01. The summed E-state index contributed by atoms with van der Waals surface area (Å²) in [6.45, 7) is 1.87. The first-order valence-corrected chi connectivity index (χ1v) is 9.22. The van der Waals surface area contributed by atoms with Gasteiger partial charge in [-0.05, 0) is 25.1 Å². The number of ether oxygens (including phenoxy) is 1. The van der Waals surface area contributed by atoms with Gasteiger partial charge in [0, 0.05) is 24.5 Å². The van der Waals surface area contributed by atoms with Crippen molar-refractivity contribution in [3.63, 3.8) is 0 Å². The average Bonchev–Trinajstić information content (AvgIpc) is 3.25. The van der Waals surface area contributed by atoms with Crippen molar-refractivity contribution in [1.82, 2.24) is 19.7 Å². The number of imidazole rings is 1. The molecule has 2 aromatic heterocycles. The summed E-state index contributed by atoms with van der Waals surface area (Å²) >= 11 is 12.0. The van der Waals surface area contributed by atoms with Gasteiger partial charge in [0.25, 0.3) is 5.91 Å². The van der Waals surface area contributed by atoms with Gasteiger partial charge in [-0.25, -0.2) is 9.78 Å². The Morgan fingerprint density at radius 2 is 1.97 bits per heavy atom. The highest BCUT2D eigenvalue weighted by Gasteiger charge is 2.21. The monoisotopic (exact) mass is 434 g/mol. The molecule has 3 N–H and O–H groups in total. The fraction of sp³-hybridized carbons (Fsp3) is 0.167. The summed E-state index contributed by atoms with van der Waals surface area (Å²) in [5, 5.41) is 10.9. The zero-order valence-electron chi connectivity index (χ0n) is 15.2. The molecule has 0 aliphatic carbocycles. The van der Waals surface area contributed by atoms with E-state index in [1.807, 2.05) is 0 Å². The molecule has 0 spiro atoms. The van der Waals surface area contributed by atoms with Crippen LogP contribution in [-0.4, -0.2) is 38.2 Å². The normalized spacial score (nSPS) is 10.6. The molecule has 29 heavy (non-hydrogen) atoms. The summed E-state index contributed by atoms with van der Waals surface area (Å²) in [7, 11) is 0. The highest BCUT2D eigenvalue weighted by atomic mass is 35.5. The van der Waals surface area contributed by atoms with Crippen molar-refractivity contribution in [2.24, 2.45) is 5.73 Å². The third kappa shape index (κ3) is 4.53. The molecule has 9 nitrogen and oxygen atoms in total. The number of hydrogen-bond donors (Lipinski definition) is 2. The maximum Gasteiger partial charge on any atom is 0.340 e. The number of amides is 1. The summed E-state index contributed by atoms with van der Waals surface area (Å²) < 4.78 is 6.63. The Bertz CT molecular complexity index is 1060. The average molecular weight is 435 g/mol. The molecule has 2 heterocycles. The van der Waals surface area contributed by atoms with Gasteiger partial charge in [-0.15, -0.1) is 10.2 Å². The minimum atomic E-state index is -0.651. The van der Waals surface area contributed by atoms with E-state index in [0.29, 0.717) is 11.4 Å². The van der Waals surface area contributed by atoms with Gasteiger partial charge in [0.1, 0.15) is 6.33 Å². The van der Waals surface area contributed by atoms with Crippen molar-refractivity contribution in [3.8, 4) is 5.82 Å². The van der Waals surface area contributed by atoms with Crippen LogP contribution in [0.4, 0.5) is 5.69 Å². The molecule has 150 valence electrons. The predicted molar refractivity (Wildman–Crippen MR) is 107 cm³/mol. The highest BCUT2D eigenvalue weighted by molar-refractivity contribution is 6.42. The van der Waals surface area contributed by atoms with Crippen LogP contribution in [0.2, 0.25) is 10.0 Å². The number of benzene rings is 1. The van der Waals surface area contributed by atoms with Crippen LogP contribution in [0.3, 0.4) is 0 Å². The first-order chi connectivity index (χ1) is 13.9. The molecule has 0 aliphatic rings. The Morgan fingerprint density at radius 1 is 1.21 bits per heavy atom. The van der Waals surface area contributed by atoms with Crippen LogP contribution in [0.1, 0.15) is 33.3 Å². The van der Waals surface area contributed by atoms with Gasteiger partial charge in [-0.3, -0.25) is 9.36 Å². The molecule has 0 atom stereocenters. The molecular weight excluding hydrogens is 419 g/mol. The second kappa shape index (κ2) is 8.99. The quantitative estimate of drug-likeness (QED) is 0.571. The fourth-order valence-electron chi connectivity index (χ4n) is 2.50. The number of esters is 1. The molecule has 0 fully saturated rings. The summed E-state index contributed by atoms with van der Waals surface area (Å²) in [6.07, 6.45) is 4.82. The fourth-order valence-corrected chi connectivity index (χ4v) is 2.82. The molecule has 3 rings (SSSR count). The summed E-state index contributed by atoms with van der Waals surface area (Å²) in [4.78, 5) is 29.0. The van der Waals surface area contributed by atoms with Crippen LogP contribution in [0.5, 0.6) is 0 Å². The van der Waals surface area contributed by atoms with Gasteiger partial charge in [0.05, 0.1) is 27.9 Å². The number of nitrogens with zero attached hydrogens (tertiary/aromatic N) is 4. The topological polar surface area (TPSA) is 125 Å². The maximum atomic E-state index is 12.8. The highest BCUT2D eigenvalue weighted by Crippen LogP contribution is 2.30. The third-order valence-corrected chi connectivity index (χ3v) is 4.59. The van der Waals surface area contributed by atoms with E-state index >= 15 is 0 Å². The number of halogens is 2. The van der Waals surface area contributed by atoms with Gasteiger partial charge in [0.2, 0.25) is 0 Å². The van der Waals surface area contributed by atoms with Crippen molar-refractivity contribution < 1.29 is 14.3 Å². The lowest BCUT2D eigenvalue weighted by molar-refractivity contribution is 0.0527. The SMILES string of the molecule is CCOC(=O)c1cc(Cl)c(Cl)cc1NC(=O)c1nnc(-n2ccnc2)cc1CN. The first kappa shape index (κ1) is 20.7. The predicted octanol–water partition coefficient (Wildman–Crippen LogP) is 2.86. The van der Waals surface area contributed by atoms with E-state index in [2.05, 4.69) is 20.5 Å². The molecule has 0 saturated heterocycles. The molecule has 1 aromatic carbocycles. The minimum absolute atomic E-state index is 0.0113. The minimum Gasteiger partial charge on any atom is -0.462 e. The largest absolute Gasteiger partial charge is 0.462 e. The number of hydrogen-bond acceptors (Lipinski definition) is 7. The van der Waals surface area contributed by atoms with E-state index < -0.39 is 11.9 Å². The van der Waals surface area contributed by atoms with Crippen LogP contribution in [-0.2, 0) is 11.3 Å². The molecule has 3 aromatic rings. The number of rotatable bonds is 6. The first-order valence-electron chi connectivity index (χ1n) is 8.47. The van der Waals surface area contributed by atoms with E-state index in [1.54, 1.807) is 36.3 Å². The zero-order chi connectivity index (χ0) is 21.0. The number of carbonyl (C=O) groups is 2. The molecule has 0 aliphatic heterocycles. The molecule has 1 amide bonds. The summed E-state index contributed by atoms with van der Waals surface area (Å²) in [5.74, 6) is -0.803. The number of carbonyl (C=O) groups excluding carboxylic acids is 2. The van der Waals surface area contributed by atoms with Crippen LogP contribution in [0, 0.1) is 0 Å². The molecule has 0 saturated carbocycles. The number of nitrogens with two attached hydrogens (primary N) is 1. The van der Waals surface area contributed by atoms with Crippen molar-refractivity contribution in [2.45, 2.75) is 13.5 Å². The maximum absolute atomic E-state index is 12.8. The van der Waals surface area contributed by atoms with Gasteiger partial charge < -0.3 is 15.8 Å².